The van der Waals surface area contributed by atoms with Crippen LogP contribution < -0.4 is 0 Å². The Morgan fingerprint density at radius 1 is 1.26 bits per heavy atom. The fraction of sp³-hybridized carbons (Fsp3) is 0.833. The molecule has 1 heteroatoms. The highest BCUT2D eigenvalue weighted by atomic mass is 16.1. The second kappa shape index (κ2) is 5.07. The lowest BCUT2D eigenvalue weighted by Gasteiger charge is -2.55. The summed E-state index contributed by atoms with van der Waals surface area (Å²) in [5.74, 6) is 1.14. The van der Waals surface area contributed by atoms with Crippen molar-refractivity contribution in [1.82, 2.24) is 0 Å². The second-order valence-corrected chi connectivity index (χ2v) is 7.81. The van der Waals surface area contributed by atoms with E-state index in [0.29, 0.717) is 16.6 Å². The Balaban J connectivity index is 2.31. The number of carbonyl (C=O) groups is 1. The fourth-order valence-electron chi connectivity index (χ4n) is 4.99. The molecular formula is C18H30O. The molecule has 0 bridgehead atoms. The molecule has 0 aromatic heterocycles. The van der Waals surface area contributed by atoms with Crippen LogP contribution in [0.15, 0.2) is 11.1 Å². The molecule has 0 aromatic rings. The molecule has 0 unspecified atom stereocenters. The van der Waals surface area contributed by atoms with Crippen LogP contribution in [0.3, 0.4) is 0 Å². The molecule has 108 valence electrons. The van der Waals surface area contributed by atoms with Crippen LogP contribution in [0.2, 0.25) is 0 Å². The highest BCUT2D eigenvalue weighted by Gasteiger charge is 2.49. The third kappa shape index (κ3) is 2.66. The SMILES string of the molecule is CC(=O)CCC1=C(C)CC[C@@H]2C(C)(C)CCC[C@]12C. The highest BCUT2D eigenvalue weighted by molar-refractivity contribution is 5.75. The lowest BCUT2D eigenvalue weighted by molar-refractivity contribution is -0.117. The molecule has 1 nitrogen and oxygen atoms in total. The first-order chi connectivity index (χ1) is 8.77. The van der Waals surface area contributed by atoms with E-state index in [1.165, 1.54) is 32.1 Å². The molecule has 0 saturated heterocycles. The monoisotopic (exact) mass is 262 g/mol. The van der Waals surface area contributed by atoms with E-state index in [9.17, 15) is 4.79 Å². The third-order valence-corrected chi connectivity index (χ3v) is 5.97. The fourth-order valence-corrected chi connectivity index (χ4v) is 4.99. The molecule has 0 spiro atoms. The number of carbonyl (C=O) groups excluding carboxylic acids is 1. The summed E-state index contributed by atoms with van der Waals surface area (Å²) < 4.78 is 0. The molecule has 0 heterocycles. The standard InChI is InChI=1S/C18H30O/c1-13-7-10-16-17(3,4)11-6-12-18(16,5)15(13)9-8-14(2)19/h16H,6-12H2,1-5H3/t16-,18-/m1/s1. The number of Topliss-reactive ketones (excluding diaryl/α,β-unsaturated/α-hetero) is 1. The van der Waals surface area contributed by atoms with Crippen LogP contribution in [0, 0.1) is 16.7 Å². The molecule has 19 heavy (non-hydrogen) atoms. The number of hydrogen-bond donors (Lipinski definition) is 0. The minimum absolute atomic E-state index is 0.334. The summed E-state index contributed by atoms with van der Waals surface area (Å²) in [6.07, 6.45) is 8.37. The van der Waals surface area contributed by atoms with Gasteiger partial charge in [0.2, 0.25) is 0 Å². The van der Waals surface area contributed by atoms with Gasteiger partial charge in [0.15, 0.2) is 0 Å². The van der Waals surface area contributed by atoms with E-state index in [-0.39, 0.29) is 0 Å². The lowest BCUT2D eigenvalue weighted by Crippen LogP contribution is -2.45. The Hall–Kier alpha value is -0.590. The van der Waals surface area contributed by atoms with E-state index in [2.05, 4.69) is 27.7 Å². The first-order valence-corrected chi connectivity index (χ1v) is 7.96. The Morgan fingerprint density at radius 2 is 1.95 bits per heavy atom. The predicted molar refractivity (Wildman–Crippen MR) is 81.1 cm³/mol. The molecule has 0 N–H and O–H groups in total. The Bertz CT molecular complexity index is 402. The van der Waals surface area contributed by atoms with Crippen LogP contribution >= 0.6 is 0 Å². The van der Waals surface area contributed by atoms with Gasteiger partial charge in [0, 0.05) is 6.42 Å². The summed E-state index contributed by atoms with van der Waals surface area (Å²) >= 11 is 0. The second-order valence-electron chi connectivity index (χ2n) is 7.81. The van der Waals surface area contributed by atoms with Crippen molar-refractivity contribution in [2.45, 2.75) is 79.6 Å². The maximum Gasteiger partial charge on any atom is 0.130 e. The molecule has 1 fully saturated rings. The van der Waals surface area contributed by atoms with Gasteiger partial charge in [-0.15, -0.1) is 0 Å². The van der Waals surface area contributed by atoms with Crippen molar-refractivity contribution < 1.29 is 4.79 Å². The average Bonchev–Trinajstić information content (AvgIpc) is 2.26. The van der Waals surface area contributed by atoms with Crippen LogP contribution in [0.4, 0.5) is 0 Å². The molecular weight excluding hydrogens is 232 g/mol. The van der Waals surface area contributed by atoms with E-state index in [1.54, 1.807) is 18.1 Å². The maximum atomic E-state index is 11.4. The summed E-state index contributed by atoms with van der Waals surface area (Å²) in [4.78, 5) is 11.4. The molecule has 1 saturated carbocycles. The molecule has 2 atom stereocenters. The number of hydrogen-bond acceptors (Lipinski definition) is 1. The van der Waals surface area contributed by atoms with Crippen molar-refractivity contribution in [3.63, 3.8) is 0 Å². The van der Waals surface area contributed by atoms with Gasteiger partial charge in [-0.3, -0.25) is 0 Å². The summed E-state index contributed by atoms with van der Waals surface area (Å²) in [5.41, 5.74) is 4.04. The highest BCUT2D eigenvalue weighted by Crippen LogP contribution is 2.60. The first kappa shape index (κ1) is 14.8. The number of fused-ring (bicyclic) bond motifs is 1. The minimum atomic E-state index is 0.334. The molecule has 2 aliphatic rings. The summed E-state index contributed by atoms with van der Waals surface area (Å²) in [6.45, 7) is 11.4. The summed E-state index contributed by atoms with van der Waals surface area (Å²) in [7, 11) is 0. The molecule has 0 radical (unpaired) electrons. The molecule has 2 aliphatic carbocycles. The van der Waals surface area contributed by atoms with E-state index < -0.39 is 0 Å². The number of allylic oxidation sites excluding steroid dienone is 2. The van der Waals surface area contributed by atoms with Crippen LogP contribution in [0.5, 0.6) is 0 Å². The van der Waals surface area contributed by atoms with Gasteiger partial charge in [-0.2, -0.15) is 0 Å². The third-order valence-electron chi connectivity index (χ3n) is 5.97. The Kier molecular flexibility index (Phi) is 3.95. The van der Waals surface area contributed by atoms with Crippen molar-refractivity contribution in [2.24, 2.45) is 16.7 Å². The zero-order valence-electron chi connectivity index (χ0n) is 13.4. The van der Waals surface area contributed by atoms with E-state index >= 15 is 0 Å². The summed E-state index contributed by atoms with van der Waals surface area (Å²) in [5, 5.41) is 0. The molecule has 0 aliphatic heterocycles. The van der Waals surface area contributed by atoms with Gasteiger partial charge in [0.05, 0.1) is 0 Å². The van der Waals surface area contributed by atoms with Crippen LogP contribution in [0.25, 0.3) is 0 Å². The van der Waals surface area contributed by atoms with Gasteiger partial charge in [-0.05, 0) is 62.7 Å². The number of rotatable bonds is 3. The van der Waals surface area contributed by atoms with E-state index in [4.69, 9.17) is 0 Å². The van der Waals surface area contributed by atoms with Crippen molar-refractivity contribution in [3.05, 3.63) is 11.1 Å². The maximum absolute atomic E-state index is 11.4. The predicted octanol–water partition coefficient (Wildman–Crippen LogP) is 5.30. The van der Waals surface area contributed by atoms with Crippen molar-refractivity contribution in [1.29, 1.82) is 0 Å². The lowest BCUT2D eigenvalue weighted by atomic mass is 9.50. The normalized spacial score (nSPS) is 34.1. The average molecular weight is 262 g/mol. The summed E-state index contributed by atoms with van der Waals surface area (Å²) in [6, 6.07) is 0. The first-order valence-electron chi connectivity index (χ1n) is 7.96. The van der Waals surface area contributed by atoms with Gasteiger partial charge in [0.25, 0.3) is 0 Å². The van der Waals surface area contributed by atoms with Crippen LogP contribution in [-0.2, 0) is 4.79 Å². The topological polar surface area (TPSA) is 17.1 Å². The van der Waals surface area contributed by atoms with Gasteiger partial charge in [-0.1, -0.05) is 38.3 Å². The minimum Gasteiger partial charge on any atom is -0.300 e. The largest absolute Gasteiger partial charge is 0.300 e. The zero-order valence-corrected chi connectivity index (χ0v) is 13.4. The van der Waals surface area contributed by atoms with Crippen LogP contribution in [-0.4, -0.2) is 5.78 Å². The molecule has 0 amide bonds. The molecule has 2 rings (SSSR count). The Morgan fingerprint density at radius 3 is 2.58 bits per heavy atom. The zero-order chi connectivity index (χ0) is 14.3. The van der Waals surface area contributed by atoms with Crippen molar-refractivity contribution in [3.8, 4) is 0 Å². The van der Waals surface area contributed by atoms with E-state index in [1.807, 2.05) is 0 Å². The smallest absolute Gasteiger partial charge is 0.130 e. The van der Waals surface area contributed by atoms with Gasteiger partial charge in [0.1, 0.15) is 5.78 Å². The quantitative estimate of drug-likeness (QED) is 0.631. The van der Waals surface area contributed by atoms with Gasteiger partial charge >= 0.3 is 0 Å². The van der Waals surface area contributed by atoms with Crippen LogP contribution in [0.1, 0.15) is 79.6 Å². The van der Waals surface area contributed by atoms with Crippen molar-refractivity contribution >= 4 is 5.78 Å². The number of ketones is 1. The van der Waals surface area contributed by atoms with E-state index in [0.717, 1.165) is 18.8 Å². The van der Waals surface area contributed by atoms with Crippen molar-refractivity contribution in [2.75, 3.05) is 0 Å². The van der Waals surface area contributed by atoms with Gasteiger partial charge in [-0.25, -0.2) is 0 Å². The Labute approximate surface area is 118 Å². The van der Waals surface area contributed by atoms with Gasteiger partial charge < -0.3 is 4.79 Å². The molecule has 0 aromatic carbocycles.